The van der Waals surface area contributed by atoms with Gasteiger partial charge in [-0.15, -0.1) is 0 Å². The normalized spacial score (nSPS) is 20.6. The summed E-state index contributed by atoms with van der Waals surface area (Å²) in [5, 5.41) is 0. The molecule has 1 aromatic heterocycles. The highest BCUT2D eigenvalue weighted by Gasteiger charge is 2.58. The SMILES string of the molecule is O=C(c1ccc(-c2cnc(OCC3CCN(CC4(C(F)(F)F)CCC4)CC3)nc2)cc1F)N1CCCC1. The van der Waals surface area contributed by atoms with Crippen molar-refractivity contribution in [2.24, 2.45) is 11.3 Å². The quantitative estimate of drug-likeness (QED) is 0.461. The molecule has 2 saturated heterocycles. The van der Waals surface area contributed by atoms with E-state index < -0.39 is 17.4 Å². The summed E-state index contributed by atoms with van der Waals surface area (Å²) in [6.07, 6.45) is 3.53. The fraction of sp³-hybridized carbons (Fsp3) is 0.593. The van der Waals surface area contributed by atoms with Gasteiger partial charge in [-0.05, 0) is 75.2 Å². The average molecular weight is 521 g/mol. The fourth-order valence-electron chi connectivity index (χ4n) is 5.56. The lowest BCUT2D eigenvalue weighted by molar-refractivity contribution is -0.256. The number of hydrogen-bond donors (Lipinski definition) is 0. The number of alkyl halides is 3. The molecule has 0 bridgehead atoms. The molecule has 5 rings (SSSR count). The number of hydrogen-bond acceptors (Lipinski definition) is 5. The second-order valence-corrected chi connectivity index (χ2v) is 10.6. The minimum Gasteiger partial charge on any atom is -0.463 e. The molecule has 3 fully saturated rings. The Bertz CT molecular complexity index is 1090. The van der Waals surface area contributed by atoms with Crippen LogP contribution in [0.25, 0.3) is 11.1 Å². The van der Waals surface area contributed by atoms with Crippen LogP contribution in [0.1, 0.15) is 55.3 Å². The third-order valence-electron chi connectivity index (χ3n) is 8.15. The summed E-state index contributed by atoms with van der Waals surface area (Å²) in [4.78, 5) is 24.6. The predicted molar refractivity (Wildman–Crippen MR) is 130 cm³/mol. The van der Waals surface area contributed by atoms with Crippen molar-refractivity contribution in [2.45, 2.75) is 51.1 Å². The van der Waals surface area contributed by atoms with Crippen LogP contribution in [0.4, 0.5) is 17.6 Å². The zero-order chi connectivity index (χ0) is 26.0. The molecule has 0 radical (unpaired) electrons. The molecule has 1 aromatic carbocycles. The molecule has 0 spiro atoms. The monoisotopic (exact) mass is 520 g/mol. The third kappa shape index (κ3) is 5.58. The number of likely N-dealkylation sites (tertiary alicyclic amines) is 2. The Morgan fingerprint density at radius 1 is 1.00 bits per heavy atom. The minimum absolute atomic E-state index is 0.0684. The molecule has 10 heteroatoms. The lowest BCUT2D eigenvalue weighted by Crippen LogP contribution is -2.53. The first-order valence-corrected chi connectivity index (χ1v) is 13.1. The van der Waals surface area contributed by atoms with Gasteiger partial charge in [0.25, 0.3) is 5.91 Å². The largest absolute Gasteiger partial charge is 0.463 e. The van der Waals surface area contributed by atoms with Gasteiger partial charge in [-0.1, -0.05) is 12.5 Å². The molecule has 2 aliphatic heterocycles. The highest BCUT2D eigenvalue weighted by Crippen LogP contribution is 2.53. The zero-order valence-corrected chi connectivity index (χ0v) is 20.8. The number of rotatable bonds is 7. The van der Waals surface area contributed by atoms with Gasteiger partial charge < -0.3 is 14.5 Å². The number of carbonyl (C=O) groups excluding carboxylic acids is 1. The number of halogens is 4. The molecule has 0 atom stereocenters. The Labute approximate surface area is 214 Å². The maximum Gasteiger partial charge on any atom is 0.395 e. The number of benzene rings is 1. The van der Waals surface area contributed by atoms with Crippen LogP contribution in [-0.4, -0.2) is 71.2 Å². The van der Waals surface area contributed by atoms with Crippen molar-refractivity contribution in [1.82, 2.24) is 19.8 Å². The summed E-state index contributed by atoms with van der Waals surface area (Å²) in [7, 11) is 0. The number of nitrogens with zero attached hydrogens (tertiary/aromatic N) is 4. The first kappa shape index (κ1) is 25.9. The first-order chi connectivity index (χ1) is 17.7. The number of carbonyl (C=O) groups is 1. The van der Waals surface area contributed by atoms with E-state index in [-0.39, 0.29) is 42.8 Å². The first-order valence-electron chi connectivity index (χ1n) is 13.1. The molecule has 1 amide bonds. The van der Waals surface area contributed by atoms with Crippen molar-refractivity contribution >= 4 is 5.91 Å². The van der Waals surface area contributed by atoms with Crippen LogP contribution in [0.5, 0.6) is 6.01 Å². The van der Waals surface area contributed by atoms with Crippen molar-refractivity contribution in [3.63, 3.8) is 0 Å². The van der Waals surface area contributed by atoms with Gasteiger partial charge in [0.15, 0.2) is 0 Å². The van der Waals surface area contributed by atoms with Crippen molar-refractivity contribution in [3.8, 4) is 17.1 Å². The van der Waals surface area contributed by atoms with Crippen molar-refractivity contribution < 1.29 is 27.1 Å². The minimum atomic E-state index is -4.13. The van der Waals surface area contributed by atoms with Gasteiger partial charge in [-0.2, -0.15) is 13.2 Å². The standard InChI is InChI=1S/C27H32F4N4O2/c28-23-14-20(4-5-22(23)24(36)35-10-1-2-11-35)21-15-32-25(33-16-21)37-17-19-6-12-34(13-7-19)18-26(8-3-9-26)27(29,30)31/h4-5,14-16,19H,1-3,6-13,17-18H2. The van der Waals surface area contributed by atoms with Crippen LogP contribution in [0.15, 0.2) is 30.6 Å². The van der Waals surface area contributed by atoms with Crippen LogP contribution >= 0.6 is 0 Å². The van der Waals surface area contributed by atoms with E-state index in [1.165, 1.54) is 12.1 Å². The molecule has 0 unspecified atom stereocenters. The Morgan fingerprint density at radius 2 is 1.68 bits per heavy atom. The lowest BCUT2D eigenvalue weighted by atomic mass is 9.67. The Kier molecular flexibility index (Phi) is 7.38. The van der Waals surface area contributed by atoms with E-state index in [4.69, 9.17) is 4.74 Å². The summed E-state index contributed by atoms with van der Waals surface area (Å²) in [6, 6.07) is 4.72. The Balaban J connectivity index is 1.10. The van der Waals surface area contributed by atoms with E-state index in [0.29, 0.717) is 50.3 Å². The molecule has 37 heavy (non-hydrogen) atoms. The molecule has 200 valence electrons. The molecule has 1 aliphatic carbocycles. The zero-order valence-electron chi connectivity index (χ0n) is 20.8. The number of piperidine rings is 1. The summed E-state index contributed by atoms with van der Waals surface area (Å²) in [6.45, 7) is 3.09. The van der Waals surface area contributed by atoms with E-state index in [1.54, 1.807) is 23.4 Å². The van der Waals surface area contributed by atoms with Crippen LogP contribution in [-0.2, 0) is 0 Å². The van der Waals surface area contributed by atoms with Gasteiger partial charge >= 0.3 is 12.2 Å². The summed E-state index contributed by atoms with van der Waals surface area (Å²) in [5.74, 6) is -0.618. The highest BCUT2D eigenvalue weighted by molar-refractivity contribution is 5.95. The molecular weight excluding hydrogens is 488 g/mol. The molecule has 3 aliphatic rings. The number of amides is 1. The van der Waals surface area contributed by atoms with E-state index in [2.05, 4.69) is 9.97 Å². The van der Waals surface area contributed by atoms with Crippen LogP contribution in [0, 0.1) is 17.2 Å². The molecule has 0 N–H and O–H groups in total. The van der Waals surface area contributed by atoms with Gasteiger partial charge in [-0.3, -0.25) is 4.79 Å². The Morgan fingerprint density at radius 3 is 2.24 bits per heavy atom. The average Bonchev–Trinajstić information content (AvgIpc) is 3.40. The second kappa shape index (κ2) is 10.6. The number of ether oxygens (including phenoxy) is 1. The molecule has 2 aromatic rings. The van der Waals surface area contributed by atoms with Crippen molar-refractivity contribution in [3.05, 3.63) is 42.0 Å². The molecule has 6 nitrogen and oxygen atoms in total. The van der Waals surface area contributed by atoms with E-state index in [1.807, 2.05) is 4.90 Å². The smallest absolute Gasteiger partial charge is 0.395 e. The van der Waals surface area contributed by atoms with Crippen LogP contribution in [0.3, 0.4) is 0 Å². The van der Waals surface area contributed by atoms with Gasteiger partial charge in [0.2, 0.25) is 0 Å². The van der Waals surface area contributed by atoms with Crippen LogP contribution < -0.4 is 4.74 Å². The van der Waals surface area contributed by atoms with Crippen molar-refractivity contribution in [1.29, 1.82) is 0 Å². The highest BCUT2D eigenvalue weighted by atomic mass is 19.4. The molecule has 1 saturated carbocycles. The van der Waals surface area contributed by atoms with Gasteiger partial charge in [0.1, 0.15) is 5.82 Å². The van der Waals surface area contributed by atoms with E-state index in [0.717, 1.165) is 25.7 Å². The molecular formula is C27H32F4N4O2. The van der Waals surface area contributed by atoms with E-state index in [9.17, 15) is 22.4 Å². The van der Waals surface area contributed by atoms with Crippen LogP contribution in [0.2, 0.25) is 0 Å². The summed E-state index contributed by atoms with van der Waals surface area (Å²) < 4.78 is 60.8. The third-order valence-corrected chi connectivity index (χ3v) is 8.15. The second-order valence-electron chi connectivity index (χ2n) is 10.6. The lowest BCUT2D eigenvalue weighted by Gasteiger charge is -2.47. The fourth-order valence-corrected chi connectivity index (χ4v) is 5.56. The van der Waals surface area contributed by atoms with Gasteiger partial charge in [0, 0.05) is 37.6 Å². The van der Waals surface area contributed by atoms with E-state index >= 15 is 0 Å². The number of aromatic nitrogens is 2. The van der Waals surface area contributed by atoms with Gasteiger partial charge in [0.05, 0.1) is 17.6 Å². The maximum atomic E-state index is 14.7. The Hall–Kier alpha value is -2.75. The topological polar surface area (TPSA) is 58.6 Å². The maximum absolute atomic E-state index is 14.7. The summed E-state index contributed by atoms with van der Waals surface area (Å²) >= 11 is 0. The molecule has 3 heterocycles. The van der Waals surface area contributed by atoms with Gasteiger partial charge in [-0.25, -0.2) is 14.4 Å². The van der Waals surface area contributed by atoms with Crippen molar-refractivity contribution in [2.75, 3.05) is 39.3 Å². The predicted octanol–water partition coefficient (Wildman–Crippen LogP) is 5.34. The summed E-state index contributed by atoms with van der Waals surface area (Å²) in [5.41, 5.74) is -0.274.